The van der Waals surface area contributed by atoms with Crippen LogP contribution in [0.3, 0.4) is 0 Å². The van der Waals surface area contributed by atoms with Gasteiger partial charge in [-0.2, -0.15) is 0 Å². The molecular weight excluding hydrogens is 612 g/mol. The third-order valence-electron chi connectivity index (χ3n) is 3.13. The molecule has 0 fully saturated rings. The van der Waals surface area contributed by atoms with Crippen LogP contribution in [-0.4, -0.2) is 36.7 Å². The molecule has 0 radical (unpaired) electrons. The SMILES string of the molecule is BrCCCCC(Br)CC(Br)CCBr.CCC(CCBr)C(=O)O. The molecule has 0 aromatic rings. The van der Waals surface area contributed by atoms with Crippen LogP contribution in [0.25, 0.3) is 0 Å². The van der Waals surface area contributed by atoms with Gasteiger partial charge in [0.05, 0.1) is 5.92 Å². The van der Waals surface area contributed by atoms with Crippen LogP contribution >= 0.6 is 79.6 Å². The standard InChI is InChI=1S/C9H16Br4.C6H11BrO2/c10-5-2-1-3-8(12)7-9(13)4-6-11;1-2-5(3-4-7)6(8)9/h8-9H,1-7H2;5H,2-4H2,1H3,(H,8,9). The molecule has 0 saturated heterocycles. The number of rotatable bonds is 12. The molecular formula is C15H27Br5O2. The lowest BCUT2D eigenvalue weighted by Crippen LogP contribution is -2.12. The topological polar surface area (TPSA) is 37.3 Å². The summed E-state index contributed by atoms with van der Waals surface area (Å²) in [5, 5.41) is 11.5. The summed E-state index contributed by atoms with van der Waals surface area (Å²) in [6.07, 6.45) is 7.78. The summed E-state index contributed by atoms with van der Waals surface area (Å²) in [5.41, 5.74) is 0. The Kier molecular flexibility index (Phi) is 22.8. The molecule has 0 rings (SSSR count). The second-order valence-corrected chi connectivity index (χ2v) is 9.98. The maximum Gasteiger partial charge on any atom is 0.306 e. The summed E-state index contributed by atoms with van der Waals surface area (Å²) in [6, 6.07) is 0. The zero-order chi connectivity index (χ0) is 17.4. The number of alkyl halides is 5. The van der Waals surface area contributed by atoms with Crippen LogP contribution in [0.2, 0.25) is 0 Å². The fourth-order valence-electron chi connectivity index (χ4n) is 1.73. The van der Waals surface area contributed by atoms with Crippen LogP contribution in [0.4, 0.5) is 0 Å². The van der Waals surface area contributed by atoms with Crippen molar-refractivity contribution in [3.8, 4) is 0 Å². The van der Waals surface area contributed by atoms with Crippen molar-refractivity contribution < 1.29 is 9.90 Å². The van der Waals surface area contributed by atoms with E-state index in [1.165, 1.54) is 32.1 Å². The van der Waals surface area contributed by atoms with Gasteiger partial charge in [0.25, 0.3) is 0 Å². The Bertz CT molecular complexity index is 254. The molecule has 0 aliphatic rings. The molecule has 0 aromatic heterocycles. The first kappa shape index (κ1) is 26.1. The van der Waals surface area contributed by atoms with Crippen LogP contribution in [-0.2, 0) is 4.79 Å². The van der Waals surface area contributed by atoms with Gasteiger partial charge in [-0.15, -0.1) is 0 Å². The average molecular weight is 639 g/mol. The molecule has 0 heterocycles. The molecule has 0 bridgehead atoms. The van der Waals surface area contributed by atoms with Crippen LogP contribution in [0, 0.1) is 5.92 Å². The van der Waals surface area contributed by atoms with Crippen molar-refractivity contribution in [3.63, 3.8) is 0 Å². The zero-order valence-corrected chi connectivity index (χ0v) is 21.0. The van der Waals surface area contributed by atoms with Crippen molar-refractivity contribution in [1.82, 2.24) is 0 Å². The minimum Gasteiger partial charge on any atom is -0.481 e. The number of carboxylic acids is 1. The Morgan fingerprint density at radius 2 is 1.45 bits per heavy atom. The molecule has 7 heteroatoms. The summed E-state index contributed by atoms with van der Waals surface area (Å²) in [5.74, 6) is -0.846. The molecule has 0 aliphatic carbocycles. The highest BCUT2D eigenvalue weighted by molar-refractivity contribution is 9.10. The van der Waals surface area contributed by atoms with Gasteiger partial charge in [-0.25, -0.2) is 0 Å². The monoisotopic (exact) mass is 634 g/mol. The zero-order valence-electron chi connectivity index (χ0n) is 13.0. The van der Waals surface area contributed by atoms with E-state index in [4.69, 9.17) is 5.11 Å². The van der Waals surface area contributed by atoms with Gasteiger partial charge in [0.1, 0.15) is 0 Å². The Morgan fingerprint density at radius 1 is 0.909 bits per heavy atom. The minimum absolute atomic E-state index is 0.163. The summed E-state index contributed by atoms with van der Waals surface area (Å²) < 4.78 is 0. The van der Waals surface area contributed by atoms with E-state index in [2.05, 4.69) is 79.6 Å². The average Bonchev–Trinajstić information content (AvgIpc) is 2.45. The van der Waals surface area contributed by atoms with Crippen molar-refractivity contribution >= 4 is 85.6 Å². The highest BCUT2D eigenvalue weighted by Crippen LogP contribution is 2.22. The lowest BCUT2D eigenvalue weighted by Gasteiger charge is -2.13. The second-order valence-electron chi connectivity index (χ2n) is 5.01. The molecule has 0 saturated carbocycles. The van der Waals surface area contributed by atoms with Gasteiger partial charge < -0.3 is 5.11 Å². The normalized spacial score (nSPS) is 14.6. The predicted octanol–water partition coefficient (Wildman–Crippen LogP) is 7.14. The third-order valence-corrected chi connectivity index (χ3v) is 6.27. The van der Waals surface area contributed by atoms with E-state index < -0.39 is 5.97 Å². The van der Waals surface area contributed by atoms with Gasteiger partial charge in [-0.1, -0.05) is 93.0 Å². The van der Waals surface area contributed by atoms with Crippen molar-refractivity contribution in [1.29, 1.82) is 0 Å². The van der Waals surface area contributed by atoms with Gasteiger partial charge in [0, 0.05) is 25.6 Å². The first-order valence-electron chi connectivity index (χ1n) is 7.61. The first-order valence-corrected chi connectivity index (χ1v) is 12.8. The number of carbonyl (C=O) groups is 1. The Balaban J connectivity index is 0. The lowest BCUT2D eigenvalue weighted by molar-refractivity contribution is -0.141. The van der Waals surface area contributed by atoms with Gasteiger partial charge in [-0.3, -0.25) is 4.79 Å². The molecule has 1 N–H and O–H groups in total. The van der Waals surface area contributed by atoms with Gasteiger partial charge in [0.2, 0.25) is 0 Å². The van der Waals surface area contributed by atoms with Crippen LogP contribution in [0.1, 0.15) is 51.9 Å². The minimum atomic E-state index is -0.683. The van der Waals surface area contributed by atoms with Crippen molar-refractivity contribution in [2.75, 3.05) is 16.0 Å². The molecule has 0 spiro atoms. The van der Waals surface area contributed by atoms with E-state index in [0.29, 0.717) is 9.65 Å². The van der Waals surface area contributed by atoms with E-state index in [-0.39, 0.29) is 5.92 Å². The van der Waals surface area contributed by atoms with Gasteiger partial charge in [-0.05, 0) is 38.5 Å². The fourth-order valence-corrected chi connectivity index (χ4v) is 5.80. The third kappa shape index (κ3) is 18.2. The number of hydrogen-bond acceptors (Lipinski definition) is 1. The molecule has 2 nitrogen and oxygen atoms in total. The maximum atomic E-state index is 10.3. The highest BCUT2D eigenvalue weighted by atomic mass is 79.9. The van der Waals surface area contributed by atoms with E-state index in [9.17, 15) is 4.79 Å². The number of aliphatic carboxylic acids is 1. The molecule has 0 amide bonds. The Hall–Kier alpha value is 1.87. The smallest absolute Gasteiger partial charge is 0.306 e. The Morgan fingerprint density at radius 3 is 1.82 bits per heavy atom. The van der Waals surface area contributed by atoms with E-state index >= 15 is 0 Å². The van der Waals surface area contributed by atoms with Crippen LogP contribution in [0.15, 0.2) is 0 Å². The van der Waals surface area contributed by atoms with Crippen molar-refractivity contribution in [2.24, 2.45) is 5.92 Å². The van der Waals surface area contributed by atoms with Crippen LogP contribution in [0.5, 0.6) is 0 Å². The van der Waals surface area contributed by atoms with Crippen molar-refractivity contribution in [2.45, 2.75) is 61.5 Å². The number of hydrogen-bond donors (Lipinski definition) is 1. The number of unbranched alkanes of at least 4 members (excludes halogenated alkanes) is 1. The molecule has 134 valence electrons. The van der Waals surface area contributed by atoms with Crippen LogP contribution < -0.4 is 0 Å². The van der Waals surface area contributed by atoms with Gasteiger partial charge in [0.15, 0.2) is 0 Å². The number of carboxylic acid groups (broad SMARTS) is 1. The first-order chi connectivity index (χ1) is 10.4. The largest absolute Gasteiger partial charge is 0.481 e. The molecule has 0 aliphatic heterocycles. The summed E-state index contributed by atoms with van der Waals surface area (Å²) in [7, 11) is 0. The Labute approximate surface area is 177 Å². The summed E-state index contributed by atoms with van der Waals surface area (Å²) in [6.45, 7) is 1.89. The summed E-state index contributed by atoms with van der Waals surface area (Å²) in [4.78, 5) is 11.6. The number of halogens is 5. The quantitative estimate of drug-likeness (QED) is 0.182. The summed E-state index contributed by atoms with van der Waals surface area (Å²) >= 11 is 17.5. The molecule has 3 atom stereocenters. The fraction of sp³-hybridized carbons (Fsp3) is 0.933. The van der Waals surface area contributed by atoms with E-state index in [1.54, 1.807) is 0 Å². The van der Waals surface area contributed by atoms with E-state index in [1.807, 2.05) is 6.92 Å². The predicted molar refractivity (Wildman–Crippen MR) is 116 cm³/mol. The lowest BCUT2D eigenvalue weighted by atomic mass is 10.0. The highest BCUT2D eigenvalue weighted by Gasteiger charge is 2.12. The van der Waals surface area contributed by atoms with E-state index in [0.717, 1.165) is 28.8 Å². The molecule has 3 unspecified atom stereocenters. The maximum absolute atomic E-state index is 10.3. The molecule has 0 aromatic carbocycles. The van der Waals surface area contributed by atoms with Gasteiger partial charge >= 0.3 is 5.97 Å². The van der Waals surface area contributed by atoms with Crippen molar-refractivity contribution in [3.05, 3.63) is 0 Å². The second kappa shape index (κ2) is 19.2. The molecule has 22 heavy (non-hydrogen) atoms.